The first kappa shape index (κ1) is 20.2. The number of benzene rings is 1. The molecular weight excluding hydrogens is 382 g/mol. The van der Waals surface area contributed by atoms with Crippen molar-refractivity contribution in [1.29, 1.82) is 0 Å². The Bertz CT molecular complexity index is 1040. The highest BCUT2D eigenvalue weighted by Gasteiger charge is 2.39. The number of fused-ring (bicyclic) bond motifs is 1. The Balaban J connectivity index is 2.21. The van der Waals surface area contributed by atoms with E-state index in [2.05, 4.69) is 4.74 Å². The van der Waals surface area contributed by atoms with Gasteiger partial charge in [-0.2, -0.15) is 0 Å². The van der Waals surface area contributed by atoms with Crippen LogP contribution in [0.15, 0.2) is 51.0 Å². The number of aliphatic hydroxyl groups excluding tert-OH is 1. The summed E-state index contributed by atoms with van der Waals surface area (Å²) in [4.78, 5) is 36.7. The van der Waals surface area contributed by atoms with Crippen LogP contribution < -0.4 is 15.9 Å². The van der Waals surface area contributed by atoms with Crippen LogP contribution >= 0.6 is 0 Å². The lowest BCUT2D eigenvalue weighted by atomic mass is 9.86. The van der Waals surface area contributed by atoms with E-state index < -0.39 is 29.9 Å². The Kier molecular flexibility index (Phi) is 5.69. The van der Waals surface area contributed by atoms with Gasteiger partial charge in [-0.25, -0.2) is 9.59 Å². The molecule has 0 fully saturated rings. The van der Waals surface area contributed by atoms with Gasteiger partial charge in [0.1, 0.15) is 17.9 Å². The van der Waals surface area contributed by atoms with E-state index in [1.165, 1.54) is 19.2 Å². The predicted octanol–water partition coefficient (Wildman–Crippen LogP) is 1.18. The van der Waals surface area contributed by atoms with Crippen LogP contribution in [0.3, 0.4) is 0 Å². The van der Waals surface area contributed by atoms with Gasteiger partial charge in [0.2, 0.25) is 17.1 Å². The summed E-state index contributed by atoms with van der Waals surface area (Å²) in [5.41, 5.74) is 6.12. The highest BCUT2D eigenvalue weighted by Crippen LogP contribution is 2.41. The largest absolute Gasteiger partial charge is 0.465 e. The number of carbonyl (C=O) groups is 2. The van der Waals surface area contributed by atoms with E-state index in [0.29, 0.717) is 11.1 Å². The minimum absolute atomic E-state index is 0.00258. The molecule has 0 saturated carbocycles. The summed E-state index contributed by atoms with van der Waals surface area (Å²) in [6.45, 7) is 1.21. The van der Waals surface area contributed by atoms with Crippen LogP contribution in [0, 0.1) is 0 Å². The molecule has 0 radical (unpaired) electrons. The average molecular weight is 401 g/mol. The smallest absolute Gasteiger partial charge is 0.340 e. The van der Waals surface area contributed by atoms with Crippen LogP contribution in [-0.2, 0) is 20.9 Å². The first-order valence-corrected chi connectivity index (χ1v) is 8.71. The van der Waals surface area contributed by atoms with Gasteiger partial charge in [0.15, 0.2) is 5.76 Å². The number of aliphatic hydroxyl groups is 1. The predicted molar refractivity (Wildman–Crippen MR) is 99.0 cm³/mol. The number of esters is 2. The molecule has 0 bridgehead atoms. The fourth-order valence-corrected chi connectivity index (χ4v) is 3.03. The summed E-state index contributed by atoms with van der Waals surface area (Å²) >= 11 is 0. The monoisotopic (exact) mass is 401 g/mol. The average Bonchev–Trinajstić information content (AvgIpc) is 2.72. The van der Waals surface area contributed by atoms with Crippen LogP contribution in [0.4, 0.5) is 0 Å². The second-order valence-electron chi connectivity index (χ2n) is 6.08. The second-order valence-corrected chi connectivity index (χ2v) is 6.08. The van der Waals surface area contributed by atoms with Crippen molar-refractivity contribution in [2.24, 2.45) is 5.73 Å². The molecule has 0 aliphatic carbocycles. The fourth-order valence-electron chi connectivity index (χ4n) is 3.03. The van der Waals surface area contributed by atoms with Gasteiger partial charge in [0.25, 0.3) is 0 Å². The molecule has 1 aromatic carbocycles. The van der Waals surface area contributed by atoms with E-state index in [1.807, 2.05) is 0 Å². The quantitative estimate of drug-likeness (QED) is 0.707. The molecule has 0 amide bonds. The Labute approximate surface area is 165 Å². The van der Waals surface area contributed by atoms with E-state index in [-0.39, 0.29) is 35.3 Å². The van der Waals surface area contributed by atoms with Crippen molar-refractivity contribution < 1.29 is 33.3 Å². The number of ether oxygens (including phenoxy) is 3. The molecule has 9 heteroatoms. The Hall–Kier alpha value is -3.59. The van der Waals surface area contributed by atoms with Crippen molar-refractivity contribution in [3.8, 4) is 5.75 Å². The van der Waals surface area contributed by atoms with Crippen molar-refractivity contribution in [3.05, 3.63) is 74.7 Å². The van der Waals surface area contributed by atoms with Crippen LogP contribution in [0.5, 0.6) is 5.75 Å². The van der Waals surface area contributed by atoms with Crippen LogP contribution in [0.1, 0.15) is 40.3 Å². The first-order chi connectivity index (χ1) is 13.9. The maximum absolute atomic E-state index is 12.6. The summed E-state index contributed by atoms with van der Waals surface area (Å²) < 4.78 is 20.8. The number of rotatable bonds is 5. The number of nitrogens with two attached hydrogens (primary N) is 1. The minimum Gasteiger partial charge on any atom is -0.465 e. The van der Waals surface area contributed by atoms with E-state index in [1.54, 1.807) is 19.1 Å². The second kappa shape index (κ2) is 8.19. The van der Waals surface area contributed by atoms with Gasteiger partial charge in [-0.1, -0.05) is 12.1 Å². The third kappa shape index (κ3) is 3.72. The van der Waals surface area contributed by atoms with Crippen molar-refractivity contribution in [2.75, 3.05) is 13.7 Å². The van der Waals surface area contributed by atoms with Gasteiger partial charge in [0, 0.05) is 6.07 Å². The van der Waals surface area contributed by atoms with Gasteiger partial charge in [0.05, 0.1) is 25.2 Å². The minimum atomic E-state index is -0.941. The van der Waals surface area contributed by atoms with Crippen LogP contribution in [0.25, 0.3) is 0 Å². The Morgan fingerprint density at radius 1 is 1.21 bits per heavy atom. The summed E-state index contributed by atoms with van der Waals surface area (Å²) in [6.07, 6.45) is 0. The van der Waals surface area contributed by atoms with Crippen LogP contribution in [0.2, 0.25) is 0 Å². The van der Waals surface area contributed by atoms with Gasteiger partial charge in [-0.05, 0) is 24.6 Å². The molecule has 2 aromatic rings. The molecule has 1 aliphatic heterocycles. The highest BCUT2D eigenvalue weighted by atomic mass is 16.5. The van der Waals surface area contributed by atoms with Gasteiger partial charge < -0.3 is 29.5 Å². The highest BCUT2D eigenvalue weighted by molar-refractivity contribution is 5.93. The first-order valence-electron chi connectivity index (χ1n) is 8.71. The molecule has 1 atom stereocenters. The molecule has 1 aliphatic rings. The van der Waals surface area contributed by atoms with Gasteiger partial charge >= 0.3 is 11.9 Å². The van der Waals surface area contributed by atoms with Crippen molar-refractivity contribution >= 4 is 11.9 Å². The Morgan fingerprint density at radius 3 is 2.48 bits per heavy atom. The number of hydrogen-bond donors (Lipinski definition) is 2. The molecule has 0 spiro atoms. The summed E-state index contributed by atoms with van der Waals surface area (Å²) in [7, 11) is 1.26. The van der Waals surface area contributed by atoms with E-state index >= 15 is 0 Å². The summed E-state index contributed by atoms with van der Waals surface area (Å²) in [5.74, 6) is -2.68. The standard InChI is InChI=1S/C20H19NO8/c1-3-27-20(25)15-14(10-4-6-11(7-5-10)19(24)26-2)17-16(29-18(15)21)13(23)8-12(9-22)28-17/h4-8,14,22H,3,9,21H2,1-2H3/t14-/m1/s1. The molecule has 9 nitrogen and oxygen atoms in total. The SMILES string of the molecule is CCOC(=O)C1=C(N)Oc2c(oc(CO)cc2=O)[C@@H]1c1ccc(C(=O)OC)cc1. The van der Waals surface area contributed by atoms with Crippen LogP contribution in [-0.4, -0.2) is 30.8 Å². The molecule has 0 saturated heterocycles. The zero-order chi connectivity index (χ0) is 21.1. The summed E-state index contributed by atoms with van der Waals surface area (Å²) in [6, 6.07) is 7.24. The third-order valence-corrected chi connectivity index (χ3v) is 4.33. The molecule has 29 heavy (non-hydrogen) atoms. The number of hydrogen-bond acceptors (Lipinski definition) is 9. The van der Waals surface area contributed by atoms with E-state index in [0.717, 1.165) is 6.07 Å². The topological polar surface area (TPSA) is 138 Å². The molecule has 0 unspecified atom stereocenters. The number of methoxy groups -OCH3 is 1. The van der Waals surface area contributed by atoms with Gasteiger partial charge in [-0.3, -0.25) is 4.79 Å². The zero-order valence-corrected chi connectivity index (χ0v) is 15.8. The summed E-state index contributed by atoms with van der Waals surface area (Å²) in [5, 5.41) is 9.40. The lowest BCUT2D eigenvalue weighted by molar-refractivity contribution is -0.139. The molecule has 2 heterocycles. The Morgan fingerprint density at radius 2 is 1.90 bits per heavy atom. The lowest BCUT2D eigenvalue weighted by Gasteiger charge is -2.27. The van der Waals surface area contributed by atoms with Crippen molar-refractivity contribution in [2.45, 2.75) is 19.4 Å². The molecule has 3 rings (SSSR count). The maximum atomic E-state index is 12.6. The molecule has 152 valence electrons. The van der Waals surface area contributed by atoms with Crippen molar-refractivity contribution in [1.82, 2.24) is 0 Å². The van der Waals surface area contributed by atoms with E-state index in [4.69, 9.17) is 19.6 Å². The molecular formula is C20H19NO8. The normalized spacial score (nSPS) is 15.3. The number of carbonyl (C=O) groups excluding carboxylic acids is 2. The van der Waals surface area contributed by atoms with Crippen molar-refractivity contribution in [3.63, 3.8) is 0 Å². The molecule has 1 aromatic heterocycles. The maximum Gasteiger partial charge on any atom is 0.340 e. The zero-order valence-electron chi connectivity index (χ0n) is 15.8. The van der Waals surface area contributed by atoms with E-state index in [9.17, 15) is 19.5 Å². The molecule has 3 N–H and O–H groups in total. The van der Waals surface area contributed by atoms with Gasteiger partial charge in [-0.15, -0.1) is 0 Å². The lowest BCUT2D eigenvalue weighted by Crippen LogP contribution is -2.30. The third-order valence-electron chi connectivity index (χ3n) is 4.33. The fraction of sp³-hybridized carbons (Fsp3) is 0.250.